The van der Waals surface area contributed by atoms with Gasteiger partial charge in [-0.15, -0.1) is 0 Å². The Balaban J connectivity index is 1.58. The zero-order valence-corrected chi connectivity index (χ0v) is 14.7. The van der Waals surface area contributed by atoms with Crippen LogP contribution in [-0.2, 0) is 4.79 Å². The van der Waals surface area contributed by atoms with Crippen LogP contribution in [-0.4, -0.2) is 29.4 Å². The number of anilines is 1. The van der Waals surface area contributed by atoms with Gasteiger partial charge in [0.1, 0.15) is 0 Å². The Bertz CT molecular complexity index is 766. The van der Waals surface area contributed by atoms with E-state index >= 15 is 0 Å². The molecule has 0 spiro atoms. The lowest BCUT2D eigenvalue weighted by Gasteiger charge is -2.25. The molecule has 1 saturated heterocycles. The molecule has 5 nitrogen and oxygen atoms in total. The van der Waals surface area contributed by atoms with Gasteiger partial charge in [0.15, 0.2) is 0 Å². The minimum Gasteiger partial charge on any atom is -0.334 e. The fourth-order valence-corrected chi connectivity index (χ4v) is 3.22. The SMILES string of the molecule is CC(c1ccccc1)N1CC(NC(=O)Nc2cccc(Cl)c2)CC1=O. The standard InChI is InChI=1S/C19H20ClN3O2/c1-13(14-6-3-2-4-7-14)23-12-17(11-18(23)24)22-19(25)21-16-9-5-8-15(20)10-16/h2-10,13,17H,11-12H2,1H3,(H2,21,22,25). The predicted octanol–water partition coefficient (Wildman–Crippen LogP) is 3.82. The first-order chi connectivity index (χ1) is 12.0. The smallest absolute Gasteiger partial charge is 0.319 e. The number of halogens is 1. The highest BCUT2D eigenvalue weighted by Crippen LogP contribution is 2.25. The molecule has 1 aliphatic heterocycles. The molecule has 3 amide bonds. The summed E-state index contributed by atoms with van der Waals surface area (Å²) in [6.07, 6.45) is 0.306. The molecule has 2 N–H and O–H groups in total. The van der Waals surface area contributed by atoms with Crippen molar-refractivity contribution in [3.63, 3.8) is 0 Å². The molecule has 0 aliphatic carbocycles. The van der Waals surface area contributed by atoms with E-state index in [2.05, 4.69) is 10.6 Å². The van der Waals surface area contributed by atoms with Crippen LogP contribution in [0.25, 0.3) is 0 Å². The third kappa shape index (κ3) is 4.31. The monoisotopic (exact) mass is 357 g/mol. The number of carbonyl (C=O) groups is 2. The van der Waals surface area contributed by atoms with Gasteiger partial charge in [0, 0.05) is 23.7 Å². The largest absolute Gasteiger partial charge is 0.334 e. The first kappa shape index (κ1) is 17.3. The van der Waals surface area contributed by atoms with Crippen LogP contribution >= 0.6 is 11.6 Å². The fraction of sp³-hybridized carbons (Fsp3) is 0.263. The van der Waals surface area contributed by atoms with Crippen LogP contribution in [0.1, 0.15) is 24.9 Å². The van der Waals surface area contributed by atoms with Gasteiger partial charge in [-0.3, -0.25) is 4.79 Å². The van der Waals surface area contributed by atoms with Crippen LogP contribution in [0.2, 0.25) is 5.02 Å². The van der Waals surface area contributed by atoms with E-state index in [0.717, 1.165) is 5.56 Å². The van der Waals surface area contributed by atoms with Crippen molar-refractivity contribution in [2.75, 3.05) is 11.9 Å². The van der Waals surface area contributed by atoms with Gasteiger partial charge in [-0.1, -0.05) is 48.0 Å². The highest BCUT2D eigenvalue weighted by atomic mass is 35.5. The Labute approximate surface area is 152 Å². The van der Waals surface area contributed by atoms with Gasteiger partial charge in [-0.05, 0) is 30.7 Å². The van der Waals surface area contributed by atoms with Crippen molar-refractivity contribution in [1.82, 2.24) is 10.2 Å². The topological polar surface area (TPSA) is 61.4 Å². The first-order valence-corrected chi connectivity index (χ1v) is 8.58. The van der Waals surface area contributed by atoms with E-state index in [-0.39, 0.29) is 24.0 Å². The van der Waals surface area contributed by atoms with Crippen molar-refractivity contribution in [3.05, 3.63) is 65.2 Å². The average Bonchev–Trinajstić information content (AvgIpc) is 2.95. The van der Waals surface area contributed by atoms with Crippen molar-refractivity contribution in [2.24, 2.45) is 0 Å². The van der Waals surface area contributed by atoms with Crippen LogP contribution in [0.5, 0.6) is 0 Å². The first-order valence-electron chi connectivity index (χ1n) is 8.20. The zero-order valence-electron chi connectivity index (χ0n) is 13.9. The van der Waals surface area contributed by atoms with E-state index in [9.17, 15) is 9.59 Å². The van der Waals surface area contributed by atoms with Crippen LogP contribution in [0.3, 0.4) is 0 Å². The minimum atomic E-state index is -0.339. The van der Waals surface area contributed by atoms with E-state index in [1.165, 1.54) is 0 Å². The van der Waals surface area contributed by atoms with E-state index < -0.39 is 0 Å². The summed E-state index contributed by atoms with van der Waals surface area (Å²) in [4.78, 5) is 26.3. The van der Waals surface area contributed by atoms with Gasteiger partial charge in [0.2, 0.25) is 5.91 Å². The second-order valence-corrected chi connectivity index (χ2v) is 6.58. The molecular formula is C19H20ClN3O2. The second-order valence-electron chi connectivity index (χ2n) is 6.14. The molecule has 1 heterocycles. The summed E-state index contributed by atoms with van der Waals surface area (Å²) in [7, 11) is 0. The number of hydrogen-bond donors (Lipinski definition) is 2. The molecule has 2 atom stereocenters. The number of carbonyl (C=O) groups excluding carboxylic acids is 2. The normalized spacial score (nSPS) is 18.1. The third-order valence-electron chi connectivity index (χ3n) is 4.33. The highest BCUT2D eigenvalue weighted by Gasteiger charge is 2.33. The summed E-state index contributed by atoms with van der Waals surface area (Å²) in [5, 5.41) is 6.15. The van der Waals surface area contributed by atoms with E-state index in [0.29, 0.717) is 23.7 Å². The summed E-state index contributed by atoms with van der Waals surface area (Å²) in [5.41, 5.74) is 1.70. The lowest BCUT2D eigenvalue weighted by molar-refractivity contribution is -0.129. The van der Waals surface area contributed by atoms with Crippen molar-refractivity contribution in [3.8, 4) is 0 Å². The maximum absolute atomic E-state index is 12.3. The highest BCUT2D eigenvalue weighted by molar-refractivity contribution is 6.30. The molecule has 0 saturated carbocycles. The summed E-state index contributed by atoms with van der Waals surface area (Å²) >= 11 is 5.91. The van der Waals surface area contributed by atoms with E-state index in [4.69, 9.17) is 11.6 Å². The molecule has 2 aromatic carbocycles. The average molecular weight is 358 g/mol. The maximum atomic E-state index is 12.3. The molecule has 1 fully saturated rings. The molecule has 0 bridgehead atoms. The van der Waals surface area contributed by atoms with Crippen LogP contribution in [0, 0.1) is 0 Å². The molecule has 3 rings (SSSR count). The number of amides is 3. The number of likely N-dealkylation sites (tertiary alicyclic amines) is 1. The molecule has 25 heavy (non-hydrogen) atoms. The Kier molecular flexibility index (Phi) is 5.24. The molecule has 2 unspecified atom stereocenters. The summed E-state index contributed by atoms with van der Waals surface area (Å²) in [6.45, 7) is 2.50. The van der Waals surface area contributed by atoms with Crippen molar-refractivity contribution >= 4 is 29.2 Å². The number of nitrogens with one attached hydrogen (secondary N) is 2. The van der Waals surface area contributed by atoms with Gasteiger partial charge in [-0.25, -0.2) is 4.79 Å². The summed E-state index contributed by atoms with van der Waals surface area (Å²) in [5.74, 6) is 0.0457. The number of nitrogens with zero attached hydrogens (tertiary/aromatic N) is 1. The lowest BCUT2D eigenvalue weighted by atomic mass is 10.1. The molecule has 130 valence electrons. The Morgan fingerprint density at radius 2 is 1.96 bits per heavy atom. The fourth-order valence-electron chi connectivity index (χ4n) is 3.03. The van der Waals surface area contributed by atoms with Crippen LogP contribution < -0.4 is 10.6 Å². The van der Waals surface area contributed by atoms with Gasteiger partial charge < -0.3 is 15.5 Å². The number of hydrogen-bond acceptors (Lipinski definition) is 2. The molecule has 2 aromatic rings. The third-order valence-corrected chi connectivity index (χ3v) is 4.56. The second kappa shape index (κ2) is 7.57. The molecule has 1 aliphatic rings. The Morgan fingerprint density at radius 1 is 1.20 bits per heavy atom. The van der Waals surface area contributed by atoms with Crippen LogP contribution in [0.15, 0.2) is 54.6 Å². The zero-order chi connectivity index (χ0) is 17.8. The van der Waals surface area contributed by atoms with E-state index in [1.807, 2.05) is 37.3 Å². The van der Waals surface area contributed by atoms with Gasteiger partial charge >= 0.3 is 6.03 Å². The van der Waals surface area contributed by atoms with Gasteiger partial charge in [0.05, 0.1) is 12.1 Å². The van der Waals surface area contributed by atoms with Crippen molar-refractivity contribution < 1.29 is 9.59 Å². The molecule has 0 radical (unpaired) electrons. The van der Waals surface area contributed by atoms with E-state index in [1.54, 1.807) is 29.2 Å². The predicted molar refractivity (Wildman–Crippen MR) is 98.6 cm³/mol. The summed E-state index contributed by atoms with van der Waals surface area (Å²) in [6, 6.07) is 16.2. The quantitative estimate of drug-likeness (QED) is 0.873. The van der Waals surface area contributed by atoms with Crippen molar-refractivity contribution in [2.45, 2.75) is 25.4 Å². The number of benzene rings is 2. The molecular weight excluding hydrogens is 338 g/mol. The van der Waals surface area contributed by atoms with Gasteiger partial charge in [0.25, 0.3) is 0 Å². The molecule has 0 aromatic heterocycles. The van der Waals surface area contributed by atoms with Crippen LogP contribution in [0.4, 0.5) is 10.5 Å². The minimum absolute atomic E-state index is 0.0171. The Hall–Kier alpha value is -2.53. The van der Waals surface area contributed by atoms with Gasteiger partial charge in [-0.2, -0.15) is 0 Å². The number of urea groups is 1. The summed E-state index contributed by atoms with van der Waals surface area (Å²) < 4.78 is 0. The maximum Gasteiger partial charge on any atom is 0.319 e. The van der Waals surface area contributed by atoms with Crippen molar-refractivity contribution in [1.29, 1.82) is 0 Å². The molecule has 6 heteroatoms. The lowest BCUT2D eigenvalue weighted by Crippen LogP contribution is -2.40. The number of rotatable bonds is 4. The Morgan fingerprint density at radius 3 is 2.68 bits per heavy atom.